The Hall–Kier alpha value is -2.17. The van der Waals surface area contributed by atoms with Crippen LogP contribution in [-0.4, -0.2) is 11.2 Å². The highest BCUT2D eigenvalue weighted by molar-refractivity contribution is 5.79. The number of alkyl halides is 3. The SMILES string of the molecule is FC(F)(F)c1ccnc(C=Nc2ccccc2)c1. The molecule has 0 unspecified atom stereocenters. The number of rotatable bonds is 2. The highest BCUT2D eigenvalue weighted by atomic mass is 19.4. The van der Waals surface area contributed by atoms with E-state index in [4.69, 9.17) is 0 Å². The Labute approximate surface area is 102 Å². The van der Waals surface area contributed by atoms with E-state index in [0.717, 1.165) is 18.3 Å². The summed E-state index contributed by atoms with van der Waals surface area (Å²) in [6.45, 7) is 0. The molecule has 0 aliphatic rings. The van der Waals surface area contributed by atoms with Gasteiger partial charge in [0.05, 0.1) is 23.2 Å². The van der Waals surface area contributed by atoms with E-state index >= 15 is 0 Å². The Bertz CT molecular complexity index is 548. The van der Waals surface area contributed by atoms with E-state index in [2.05, 4.69) is 9.98 Å². The molecule has 2 aromatic rings. The van der Waals surface area contributed by atoms with E-state index in [1.165, 1.54) is 6.21 Å². The van der Waals surface area contributed by atoms with Gasteiger partial charge in [-0.15, -0.1) is 0 Å². The zero-order chi connectivity index (χ0) is 13.0. The lowest BCUT2D eigenvalue weighted by Crippen LogP contribution is -2.05. The Balaban J connectivity index is 2.23. The summed E-state index contributed by atoms with van der Waals surface area (Å²) in [5.41, 5.74) is 0.109. The Morgan fingerprint density at radius 1 is 1.06 bits per heavy atom. The van der Waals surface area contributed by atoms with Crippen molar-refractivity contribution in [2.24, 2.45) is 4.99 Å². The zero-order valence-corrected chi connectivity index (χ0v) is 9.22. The first-order valence-corrected chi connectivity index (χ1v) is 5.18. The molecule has 0 radical (unpaired) electrons. The van der Waals surface area contributed by atoms with Crippen molar-refractivity contribution in [3.8, 4) is 0 Å². The summed E-state index contributed by atoms with van der Waals surface area (Å²) in [4.78, 5) is 7.86. The van der Waals surface area contributed by atoms with Gasteiger partial charge in [-0.1, -0.05) is 18.2 Å². The number of halogens is 3. The van der Waals surface area contributed by atoms with Crippen molar-refractivity contribution in [2.75, 3.05) is 0 Å². The Kier molecular flexibility index (Phi) is 3.41. The monoisotopic (exact) mass is 250 g/mol. The zero-order valence-electron chi connectivity index (χ0n) is 9.22. The van der Waals surface area contributed by atoms with Gasteiger partial charge in [0.1, 0.15) is 0 Å². The molecule has 0 aliphatic carbocycles. The van der Waals surface area contributed by atoms with Gasteiger partial charge in [-0.3, -0.25) is 9.98 Å². The topological polar surface area (TPSA) is 25.2 Å². The molecule has 92 valence electrons. The molecule has 0 saturated heterocycles. The highest BCUT2D eigenvalue weighted by Gasteiger charge is 2.30. The predicted molar refractivity (Wildman–Crippen MR) is 62.9 cm³/mol. The van der Waals surface area contributed by atoms with Crippen LogP contribution in [0.1, 0.15) is 11.3 Å². The fourth-order valence-corrected chi connectivity index (χ4v) is 1.35. The maximum absolute atomic E-state index is 12.5. The van der Waals surface area contributed by atoms with Crippen LogP contribution in [0.4, 0.5) is 18.9 Å². The number of para-hydroxylation sites is 1. The van der Waals surface area contributed by atoms with Crippen LogP contribution in [-0.2, 0) is 6.18 Å². The second kappa shape index (κ2) is 5.00. The fraction of sp³-hybridized carbons (Fsp3) is 0.0769. The average molecular weight is 250 g/mol. The van der Waals surface area contributed by atoms with Gasteiger partial charge in [0.2, 0.25) is 0 Å². The smallest absolute Gasteiger partial charge is 0.255 e. The van der Waals surface area contributed by atoms with Crippen molar-refractivity contribution >= 4 is 11.9 Å². The van der Waals surface area contributed by atoms with Crippen LogP contribution in [0.3, 0.4) is 0 Å². The number of hydrogen-bond donors (Lipinski definition) is 0. The van der Waals surface area contributed by atoms with Crippen molar-refractivity contribution in [1.82, 2.24) is 4.98 Å². The molecule has 2 nitrogen and oxygen atoms in total. The summed E-state index contributed by atoms with van der Waals surface area (Å²) in [5.74, 6) is 0. The Morgan fingerprint density at radius 3 is 2.44 bits per heavy atom. The minimum Gasteiger partial charge on any atom is -0.255 e. The Morgan fingerprint density at radius 2 is 1.78 bits per heavy atom. The molecule has 0 atom stereocenters. The number of pyridine rings is 1. The third kappa shape index (κ3) is 3.16. The number of aromatic nitrogens is 1. The summed E-state index contributed by atoms with van der Waals surface area (Å²) >= 11 is 0. The molecule has 5 heteroatoms. The number of benzene rings is 1. The van der Waals surface area contributed by atoms with Crippen molar-refractivity contribution in [3.63, 3.8) is 0 Å². The number of hydrogen-bond acceptors (Lipinski definition) is 2. The van der Waals surface area contributed by atoms with Crippen molar-refractivity contribution in [2.45, 2.75) is 6.18 Å². The first kappa shape index (κ1) is 12.3. The molecule has 0 amide bonds. The average Bonchev–Trinajstić information content (AvgIpc) is 2.37. The molecule has 0 saturated carbocycles. The second-order valence-electron chi connectivity index (χ2n) is 3.56. The van der Waals surface area contributed by atoms with Gasteiger partial charge in [0, 0.05) is 6.20 Å². The van der Waals surface area contributed by atoms with Crippen LogP contribution in [0.2, 0.25) is 0 Å². The molecule has 0 bridgehead atoms. The van der Waals surface area contributed by atoms with Gasteiger partial charge in [-0.2, -0.15) is 13.2 Å². The molecule has 0 N–H and O–H groups in total. The van der Waals surface area contributed by atoms with E-state index in [1.54, 1.807) is 24.3 Å². The largest absolute Gasteiger partial charge is 0.416 e. The van der Waals surface area contributed by atoms with Gasteiger partial charge in [-0.25, -0.2) is 0 Å². The first-order valence-electron chi connectivity index (χ1n) is 5.18. The van der Waals surface area contributed by atoms with Crippen LogP contribution in [0, 0.1) is 0 Å². The van der Waals surface area contributed by atoms with Gasteiger partial charge in [-0.05, 0) is 24.3 Å². The van der Waals surface area contributed by atoms with Crippen molar-refractivity contribution in [1.29, 1.82) is 0 Å². The second-order valence-corrected chi connectivity index (χ2v) is 3.56. The quantitative estimate of drug-likeness (QED) is 0.743. The highest BCUT2D eigenvalue weighted by Crippen LogP contribution is 2.28. The maximum atomic E-state index is 12.5. The molecule has 1 aromatic heterocycles. The first-order chi connectivity index (χ1) is 8.55. The molecule has 0 fully saturated rings. The molecule has 0 spiro atoms. The summed E-state index contributed by atoms with van der Waals surface area (Å²) < 4.78 is 37.4. The van der Waals surface area contributed by atoms with Crippen molar-refractivity contribution < 1.29 is 13.2 Å². The lowest BCUT2D eigenvalue weighted by molar-refractivity contribution is -0.137. The lowest BCUT2D eigenvalue weighted by Gasteiger charge is -2.05. The van der Waals surface area contributed by atoms with Crippen molar-refractivity contribution in [3.05, 3.63) is 59.9 Å². The predicted octanol–water partition coefficient (Wildman–Crippen LogP) is 3.85. The number of nitrogens with zero attached hydrogens (tertiary/aromatic N) is 2. The summed E-state index contributed by atoms with van der Waals surface area (Å²) in [5, 5.41) is 0. The normalized spacial score (nSPS) is 11.9. The van der Waals surface area contributed by atoms with Crippen LogP contribution in [0.5, 0.6) is 0 Å². The minimum atomic E-state index is -4.36. The van der Waals surface area contributed by atoms with E-state index in [9.17, 15) is 13.2 Å². The van der Waals surface area contributed by atoms with E-state index in [0.29, 0.717) is 5.69 Å². The third-order valence-electron chi connectivity index (χ3n) is 2.21. The number of aliphatic imine (C=N–C) groups is 1. The maximum Gasteiger partial charge on any atom is 0.416 e. The van der Waals surface area contributed by atoms with Gasteiger partial charge >= 0.3 is 6.18 Å². The summed E-state index contributed by atoms with van der Waals surface area (Å²) in [7, 11) is 0. The standard InChI is InChI=1S/C13H9F3N2/c14-13(15,16)10-6-7-17-12(8-10)9-18-11-4-2-1-3-5-11/h1-9H. The van der Waals surface area contributed by atoms with Crippen LogP contribution in [0.15, 0.2) is 53.7 Å². The minimum absolute atomic E-state index is 0.175. The fourth-order valence-electron chi connectivity index (χ4n) is 1.35. The summed E-state index contributed by atoms with van der Waals surface area (Å²) in [6.07, 6.45) is -1.93. The van der Waals surface area contributed by atoms with Gasteiger partial charge < -0.3 is 0 Å². The van der Waals surface area contributed by atoms with Crippen LogP contribution >= 0.6 is 0 Å². The molecule has 2 rings (SSSR count). The molecule has 0 aliphatic heterocycles. The van der Waals surface area contributed by atoms with Crippen LogP contribution < -0.4 is 0 Å². The van der Waals surface area contributed by atoms with Crippen LogP contribution in [0.25, 0.3) is 0 Å². The molecule has 1 heterocycles. The molecule has 18 heavy (non-hydrogen) atoms. The van der Waals surface area contributed by atoms with Gasteiger partial charge in [0.15, 0.2) is 0 Å². The lowest BCUT2D eigenvalue weighted by atomic mass is 10.2. The van der Waals surface area contributed by atoms with E-state index in [1.807, 2.05) is 6.07 Å². The molecule has 1 aromatic carbocycles. The molecular weight excluding hydrogens is 241 g/mol. The van der Waals surface area contributed by atoms with Gasteiger partial charge in [0.25, 0.3) is 0 Å². The van der Waals surface area contributed by atoms with E-state index < -0.39 is 11.7 Å². The third-order valence-corrected chi connectivity index (χ3v) is 2.21. The van der Waals surface area contributed by atoms with E-state index in [-0.39, 0.29) is 5.69 Å². The summed E-state index contributed by atoms with van der Waals surface area (Å²) in [6, 6.07) is 10.8. The molecular formula is C13H9F3N2.